The van der Waals surface area contributed by atoms with Gasteiger partial charge < -0.3 is 15.5 Å². The van der Waals surface area contributed by atoms with Crippen LogP contribution in [0.1, 0.15) is 26.3 Å². The van der Waals surface area contributed by atoms with E-state index < -0.39 is 0 Å². The number of carbonyl (C=O) groups excluding carboxylic acids is 1. The van der Waals surface area contributed by atoms with Crippen LogP contribution in [-0.2, 0) is 11.3 Å². The van der Waals surface area contributed by atoms with E-state index in [1.165, 1.54) is 29.5 Å². The van der Waals surface area contributed by atoms with Gasteiger partial charge >= 0.3 is 0 Å². The molecule has 0 saturated carbocycles. The molecule has 0 fully saturated rings. The highest BCUT2D eigenvalue weighted by molar-refractivity contribution is 7.20. The Morgan fingerprint density at radius 1 is 1.12 bits per heavy atom. The van der Waals surface area contributed by atoms with Crippen LogP contribution in [0.4, 0.5) is 19.7 Å². The first-order valence-corrected chi connectivity index (χ1v) is 11.6. The van der Waals surface area contributed by atoms with Gasteiger partial charge in [-0.25, -0.2) is 13.8 Å². The molecule has 0 aliphatic carbocycles. The summed E-state index contributed by atoms with van der Waals surface area (Å²) in [6.45, 7) is 6.25. The van der Waals surface area contributed by atoms with Crippen molar-refractivity contribution in [3.05, 3.63) is 65.7 Å². The zero-order valence-corrected chi connectivity index (χ0v) is 20.2. The third kappa shape index (κ3) is 5.33. The number of amides is 1. The van der Waals surface area contributed by atoms with Gasteiger partial charge in [0.25, 0.3) is 0 Å². The van der Waals surface area contributed by atoms with Crippen molar-refractivity contribution in [2.75, 3.05) is 23.8 Å². The SMILES string of the molecule is CN(CC(=O)NCc1ccccc1F)c1nn2c(NC(C)(C)C)c(-c3ccc(F)cc3)nc2s1. The molecule has 0 saturated heterocycles. The summed E-state index contributed by atoms with van der Waals surface area (Å²) in [5, 5.41) is 11.4. The largest absolute Gasteiger partial charge is 0.364 e. The zero-order valence-electron chi connectivity index (χ0n) is 19.4. The van der Waals surface area contributed by atoms with Crippen LogP contribution in [0.5, 0.6) is 0 Å². The molecule has 2 heterocycles. The lowest BCUT2D eigenvalue weighted by atomic mass is 10.1. The van der Waals surface area contributed by atoms with Crippen molar-refractivity contribution in [1.82, 2.24) is 19.9 Å². The minimum absolute atomic E-state index is 0.0535. The van der Waals surface area contributed by atoms with Crippen molar-refractivity contribution in [2.45, 2.75) is 32.9 Å². The van der Waals surface area contributed by atoms with Crippen LogP contribution in [0.3, 0.4) is 0 Å². The number of halogens is 2. The normalized spacial score (nSPS) is 11.6. The molecule has 0 radical (unpaired) electrons. The lowest BCUT2D eigenvalue weighted by Crippen LogP contribution is -2.35. The Hall–Kier alpha value is -3.53. The molecular formula is C24H26F2N6OS. The van der Waals surface area contributed by atoms with E-state index >= 15 is 0 Å². The molecule has 2 aromatic heterocycles. The van der Waals surface area contributed by atoms with E-state index in [0.717, 1.165) is 5.56 Å². The summed E-state index contributed by atoms with van der Waals surface area (Å²) in [4.78, 5) is 19.5. The number of benzene rings is 2. The van der Waals surface area contributed by atoms with Gasteiger partial charge in [0.05, 0.1) is 6.54 Å². The molecular weight excluding hydrogens is 458 g/mol. The Morgan fingerprint density at radius 2 is 1.82 bits per heavy atom. The highest BCUT2D eigenvalue weighted by Crippen LogP contribution is 2.34. The number of hydrogen-bond acceptors (Lipinski definition) is 6. The predicted molar refractivity (Wildman–Crippen MR) is 131 cm³/mol. The van der Waals surface area contributed by atoms with E-state index in [4.69, 9.17) is 4.98 Å². The average Bonchev–Trinajstić information content (AvgIpc) is 3.32. The molecule has 4 aromatic rings. The number of imidazole rings is 1. The van der Waals surface area contributed by atoms with E-state index in [9.17, 15) is 13.6 Å². The van der Waals surface area contributed by atoms with Gasteiger partial charge in [0, 0.05) is 30.3 Å². The van der Waals surface area contributed by atoms with Crippen molar-refractivity contribution < 1.29 is 13.6 Å². The average molecular weight is 485 g/mol. The molecule has 0 spiro atoms. The molecule has 0 aliphatic heterocycles. The topological polar surface area (TPSA) is 74.6 Å². The van der Waals surface area contributed by atoms with Crippen LogP contribution in [0, 0.1) is 11.6 Å². The van der Waals surface area contributed by atoms with Crippen molar-refractivity contribution >= 4 is 33.2 Å². The smallest absolute Gasteiger partial charge is 0.239 e. The monoisotopic (exact) mass is 484 g/mol. The molecule has 0 atom stereocenters. The second kappa shape index (κ2) is 9.38. The summed E-state index contributed by atoms with van der Waals surface area (Å²) in [7, 11) is 1.76. The quantitative estimate of drug-likeness (QED) is 0.398. The van der Waals surface area contributed by atoms with E-state index in [0.29, 0.717) is 27.2 Å². The summed E-state index contributed by atoms with van der Waals surface area (Å²) in [6, 6.07) is 12.5. The van der Waals surface area contributed by atoms with Gasteiger partial charge in [-0.1, -0.05) is 29.5 Å². The van der Waals surface area contributed by atoms with Crippen molar-refractivity contribution in [2.24, 2.45) is 0 Å². The van der Waals surface area contributed by atoms with Gasteiger partial charge in [0.2, 0.25) is 16.0 Å². The summed E-state index contributed by atoms with van der Waals surface area (Å²) < 4.78 is 28.9. The Balaban J connectivity index is 1.54. The Kier molecular flexibility index (Phi) is 6.52. The lowest BCUT2D eigenvalue weighted by Gasteiger charge is -2.22. The first kappa shape index (κ1) is 23.6. The number of fused-ring (bicyclic) bond motifs is 1. The maximum absolute atomic E-state index is 13.8. The number of anilines is 2. The molecule has 0 aliphatic rings. The summed E-state index contributed by atoms with van der Waals surface area (Å²) in [5.41, 5.74) is 1.60. The molecule has 2 aromatic carbocycles. The minimum Gasteiger partial charge on any atom is -0.364 e. The van der Waals surface area contributed by atoms with E-state index in [2.05, 4.69) is 15.7 Å². The molecule has 0 bridgehead atoms. The molecule has 178 valence electrons. The number of carbonyl (C=O) groups is 1. The third-order valence-electron chi connectivity index (χ3n) is 4.95. The van der Waals surface area contributed by atoms with Crippen LogP contribution >= 0.6 is 11.3 Å². The predicted octanol–water partition coefficient (Wildman–Crippen LogP) is 4.70. The second-order valence-corrected chi connectivity index (χ2v) is 9.93. The van der Waals surface area contributed by atoms with E-state index in [1.807, 2.05) is 20.8 Å². The molecule has 0 unspecified atom stereocenters. The standard InChI is InChI=1S/C24H26F2N6OS/c1-24(2,3)29-21-20(15-9-11-17(25)12-10-15)28-22-32(21)30-23(34-22)31(4)14-19(33)27-13-16-7-5-6-8-18(16)26/h5-12,29H,13-14H2,1-4H3,(H,27,33). The number of nitrogens with zero attached hydrogens (tertiary/aromatic N) is 4. The van der Waals surface area contributed by atoms with Crippen LogP contribution in [0.25, 0.3) is 16.2 Å². The second-order valence-electron chi connectivity index (χ2n) is 8.99. The molecule has 4 rings (SSSR count). The minimum atomic E-state index is -0.354. The van der Waals surface area contributed by atoms with Crippen molar-refractivity contribution in [3.8, 4) is 11.3 Å². The number of rotatable bonds is 7. The molecule has 10 heteroatoms. The van der Waals surface area contributed by atoms with Gasteiger partial charge in [-0.3, -0.25) is 4.79 Å². The number of hydrogen-bond donors (Lipinski definition) is 2. The fourth-order valence-corrected chi connectivity index (χ4v) is 4.21. The maximum atomic E-state index is 13.8. The Morgan fingerprint density at radius 3 is 2.50 bits per heavy atom. The first-order valence-electron chi connectivity index (χ1n) is 10.8. The summed E-state index contributed by atoms with van der Waals surface area (Å²) in [5.74, 6) is -0.230. The lowest BCUT2D eigenvalue weighted by molar-refractivity contribution is -0.119. The van der Waals surface area contributed by atoms with Crippen molar-refractivity contribution in [1.29, 1.82) is 0 Å². The maximum Gasteiger partial charge on any atom is 0.239 e. The van der Waals surface area contributed by atoms with Gasteiger partial charge in [-0.15, -0.1) is 5.10 Å². The zero-order chi connectivity index (χ0) is 24.5. The van der Waals surface area contributed by atoms with Crippen LogP contribution in [0.2, 0.25) is 0 Å². The van der Waals surface area contributed by atoms with E-state index in [1.54, 1.807) is 46.8 Å². The fraction of sp³-hybridized carbons (Fsp3) is 0.292. The van der Waals surface area contributed by atoms with Crippen LogP contribution < -0.4 is 15.5 Å². The summed E-state index contributed by atoms with van der Waals surface area (Å²) >= 11 is 1.34. The van der Waals surface area contributed by atoms with E-state index in [-0.39, 0.29) is 36.2 Å². The summed E-state index contributed by atoms with van der Waals surface area (Å²) in [6.07, 6.45) is 0. The van der Waals surface area contributed by atoms with Gasteiger partial charge in [-0.05, 0) is 51.1 Å². The highest BCUT2D eigenvalue weighted by Gasteiger charge is 2.23. The van der Waals surface area contributed by atoms with Gasteiger partial charge in [-0.2, -0.15) is 4.52 Å². The third-order valence-corrected chi connectivity index (χ3v) is 5.97. The van der Waals surface area contributed by atoms with Crippen molar-refractivity contribution in [3.63, 3.8) is 0 Å². The van der Waals surface area contributed by atoms with Crippen LogP contribution in [-0.4, -0.2) is 39.6 Å². The highest BCUT2D eigenvalue weighted by atomic mass is 32.1. The molecule has 1 amide bonds. The first-order chi connectivity index (χ1) is 16.1. The Bertz CT molecular complexity index is 1310. The number of nitrogens with one attached hydrogen (secondary N) is 2. The number of aromatic nitrogens is 3. The number of likely N-dealkylation sites (N-methyl/N-ethyl adjacent to an activating group) is 1. The van der Waals surface area contributed by atoms with Gasteiger partial charge in [0.1, 0.15) is 17.3 Å². The molecule has 2 N–H and O–H groups in total. The molecule has 34 heavy (non-hydrogen) atoms. The Labute approximate surface area is 200 Å². The van der Waals surface area contributed by atoms with Crippen LogP contribution in [0.15, 0.2) is 48.5 Å². The fourth-order valence-electron chi connectivity index (χ4n) is 3.34. The van der Waals surface area contributed by atoms with Gasteiger partial charge in [0.15, 0.2) is 5.82 Å². The molecule has 7 nitrogen and oxygen atoms in total.